The summed E-state index contributed by atoms with van der Waals surface area (Å²) < 4.78 is 83.4. The van der Waals surface area contributed by atoms with Crippen LogP contribution < -0.4 is 38.9 Å². The van der Waals surface area contributed by atoms with Crippen LogP contribution in [-0.2, 0) is 24.2 Å². The van der Waals surface area contributed by atoms with Crippen LogP contribution in [0.25, 0.3) is 11.0 Å². The van der Waals surface area contributed by atoms with E-state index in [1.54, 1.807) is 18.3 Å². The van der Waals surface area contributed by atoms with E-state index in [4.69, 9.17) is 38.4 Å². The molecule has 22 nitrogen and oxygen atoms in total. The third kappa shape index (κ3) is 10.4. The molecular formula is C64H74FN11O11S. The summed E-state index contributed by atoms with van der Waals surface area (Å²) in [5.74, 6) is 0.145. The van der Waals surface area contributed by atoms with Gasteiger partial charge >= 0.3 is 0 Å². The topological polar surface area (TPSA) is 232 Å². The third-order valence-corrected chi connectivity index (χ3v) is 21.8. The normalized spacial score (nSPS) is 25.9. The molecule has 1 aliphatic carbocycles. The number of morpholine rings is 1. The predicted octanol–water partition coefficient (Wildman–Crippen LogP) is 8.58. The quantitative estimate of drug-likeness (QED) is 0.0814. The molecule has 6 atom stereocenters. The van der Waals surface area contributed by atoms with Gasteiger partial charge in [-0.2, -0.15) is 9.97 Å². The standard InChI is InChI=1S/C64H74FN11O11S/c1-38-5-3-4-6-45(38)55-34-72(50-13-25-85-62-47(50)31-48(65)60(69-62)73-21-26-84-35-39(73)2)19-20-74(55)43-32-64(33-43)14-17-71(18-15-64)42-7-8-46(52(28-42)75-51-12-24-83-37-57(51)87-63-54(75)27-41-9-16-66-59(41)68-63)61(77)70-88(80,81)44-29-53(76(78)79)58-56(30-44)86-36-49(67-58)40-10-22-82-23-11-40/h3-9,16,27-31,39-40,43,49-51,55,57,67H,10-15,17-26,32-37H2,1-2H3,(H,66,68)(H,70,77)/t39-,49-,50-,51-,55-,57-/m0/s1. The van der Waals surface area contributed by atoms with Gasteiger partial charge < -0.3 is 53.4 Å². The highest BCUT2D eigenvalue weighted by Crippen LogP contribution is 2.55. The van der Waals surface area contributed by atoms with Gasteiger partial charge in [-0.15, -0.1) is 0 Å². The number of halogens is 1. The largest absolute Gasteiger partial charge is 0.489 e. The number of anilines is 5. The molecule has 88 heavy (non-hydrogen) atoms. The van der Waals surface area contributed by atoms with Crippen molar-refractivity contribution in [1.29, 1.82) is 0 Å². The maximum absolute atomic E-state index is 16.2. The van der Waals surface area contributed by atoms with Crippen LogP contribution >= 0.6 is 0 Å². The smallest absolute Gasteiger partial charge is 0.297 e. The van der Waals surface area contributed by atoms with Crippen molar-refractivity contribution in [1.82, 2.24) is 29.5 Å². The Balaban J connectivity index is 0.687. The van der Waals surface area contributed by atoms with E-state index in [1.807, 2.05) is 36.1 Å². The minimum atomic E-state index is -4.73. The van der Waals surface area contributed by atoms with Crippen LogP contribution in [0.2, 0.25) is 0 Å². The van der Waals surface area contributed by atoms with Crippen molar-refractivity contribution < 1.29 is 50.9 Å². The zero-order chi connectivity index (χ0) is 60.0. The number of carbonyl (C=O) groups is 1. The molecule has 1 amide bonds. The Morgan fingerprint density at radius 1 is 0.818 bits per heavy atom. The van der Waals surface area contributed by atoms with E-state index in [-0.39, 0.29) is 77.6 Å². The molecule has 464 valence electrons. The number of carbonyl (C=O) groups excluding carboxylic acids is 1. The summed E-state index contributed by atoms with van der Waals surface area (Å²) in [4.78, 5) is 51.1. The number of nitrogens with zero attached hydrogens (tertiary/aromatic N) is 8. The Morgan fingerprint density at radius 3 is 2.45 bits per heavy atom. The maximum Gasteiger partial charge on any atom is 0.297 e. The molecule has 0 bridgehead atoms. The van der Waals surface area contributed by atoms with Crippen LogP contribution in [0.3, 0.4) is 0 Å². The van der Waals surface area contributed by atoms with E-state index in [9.17, 15) is 23.3 Å². The zero-order valence-corrected chi connectivity index (χ0v) is 50.4. The van der Waals surface area contributed by atoms with Crippen LogP contribution in [0, 0.1) is 34.2 Å². The van der Waals surface area contributed by atoms with Crippen molar-refractivity contribution in [2.45, 2.75) is 112 Å². The lowest BCUT2D eigenvalue weighted by atomic mass is 9.59. The third-order valence-electron chi connectivity index (χ3n) is 20.5. The predicted molar refractivity (Wildman–Crippen MR) is 326 cm³/mol. The molecule has 3 N–H and O–H groups in total. The second-order valence-electron chi connectivity index (χ2n) is 25.5. The molecule has 8 aliphatic heterocycles. The molecule has 5 saturated heterocycles. The summed E-state index contributed by atoms with van der Waals surface area (Å²) >= 11 is 0. The first-order valence-electron chi connectivity index (χ1n) is 31.3. The Hall–Kier alpha value is -7.35. The monoisotopic (exact) mass is 1220 g/mol. The fourth-order valence-corrected chi connectivity index (χ4v) is 16.7. The highest BCUT2D eigenvalue weighted by Gasteiger charge is 2.51. The van der Waals surface area contributed by atoms with Gasteiger partial charge in [0.15, 0.2) is 23.1 Å². The van der Waals surface area contributed by atoms with Crippen molar-refractivity contribution in [3.8, 4) is 17.5 Å². The number of aromatic nitrogens is 3. The number of sulfonamides is 1. The molecule has 3 aromatic carbocycles. The molecule has 24 heteroatoms. The summed E-state index contributed by atoms with van der Waals surface area (Å²) in [5, 5.41) is 16.7. The number of aryl methyl sites for hydroxylation is 1. The molecule has 0 radical (unpaired) electrons. The molecule has 9 aliphatic rings. The number of nitro benzene ring substituents is 1. The average molecular weight is 1220 g/mol. The Kier molecular flexibility index (Phi) is 14.9. The van der Waals surface area contributed by atoms with Gasteiger partial charge in [0, 0.05) is 119 Å². The van der Waals surface area contributed by atoms with Gasteiger partial charge in [0.25, 0.3) is 21.6 Å². The van der Waals surface area contributed by atoms with Crippen LogP contribution in [0.5, 0.6) is 17.5 Å². The second-order valence-corrected chi connectivity index (χ2v) is 27.2. The van der Waals surface area contributed by atoms with E-state index < -0.39 is 37.5 Å². The van der Waals surface area contributed by atoms with E-state index in [2.05, 4.69) is 65.8 Å². The number of aromatic amines is 1. The molecule has 11 heterocycles. The van der Waals surface area contributed by atoms with Crippen LogP contribution in [0.15, 0.2) is 83.9 Å². The van der Waals surface area contributed by atoms with Gasteiger partial charge in [-0.05, 0) is 118 Å². The minimum Gasteiger partial charge on any atom is -0.489 e. The fourth-order valence-electron chi connectivity index (χ4n) is 15.7. The lowest BCUT2D eigenvalue weighted by molar-refractivity contribution is -0.384. The molecule has 3 aromatic heterocycles. The number of fused-ring (bicyclic) bond motifs is 5. The maximum atomic E-state index is 16.2. The van der Waals surface area contributed by atoms with Gasteiger partial charge in [-0.3, -0.25) is 24.7 Å². The number of pyridine rings is 2. The number of benzene rings is 3. The SMILES string of the molecule is Cc1ccccc1[C@@H]1CN([C@H]2CCOc3nc(N4CCOC[C@@H]4C)c(F)cc32)CCN1C1CC2(CCN(c3ccc(C(=O)NS(=O)(=O)c4cc5c(c([N+](=O)[O-])c4)N[C@H](C4CCOCC4)CO5)c(N4c5cc6cc[nH]c6nc5O[C@H]5COCC[C@@H]54)c3)CC2)C1. The van der Waals surface area contributed by atoms with Crippen molar-refractivity contribution in [3.63, 3.8) is 0 Å². The summed E-state index contributed by atoms with van der Waals surface area (Å²) in [6.45, 7) is 12.5. The summed E-state index contributed by atoms with van der Waals surface area (Å²) in [6.07, 6.45) is 8.24. The average Bonchev–Trinajstić information content (AvgIpc) is 1.13. The van der Waals surface area contributed by atoms with Gasteiger partial charge in [-0.25, -0.2) is 17.5 Å². The van der Waals surface area contributed by atoms with Crippen LogP contribution in [0.4, 0.5) is 38.6 Å². The lowest BCUT2D eigenvalue weighted by Crippen LogP contribution is -2.60. The van der Waals surface area contributed by atoms with E-state index in [0.717, 1.165) is 100 Å². The van der Waals surface area contributed by atoms with Gasteiger partial charge in [-0.1, -0.05) is 24.3 Å². The number of piperidine rings is 1. The highest BCUT2D eigenvalue weighted by atomic mass is 32.2. The molecule has 15 rings (SSSR count). The van der Waals surface area contributed by atoms with Gasteiger partial charge in [0.05, 0.1) is 65.6 Å². The van der Waals surface area contributed by atoms with Crippen LogP contribution in [0.1, 0.15) is 97.4 Å². The van der Waals surface area contributed by atoms with Crippen molar-refractivity contribution in [3.05, 3.63) is 117 Å². The van der Waals surface area contributed by atoms with Crippen molar-refractivity contribution in [2.75, 3.05) is 112 Å². The number of H-pyrrole nitrogens is 1. The number of hydrogen-bond acceptors (Lipinski definition) is 19. The molecular weight excluding hydrogens is 1150 g/mol. The molecule has 1 spiro atoms. The fraction of sp³-hybridized carbons (Fsp3) is 0.516. The lowest BCUT2D eigenvalue weighted by Gasteiger charge is -2.59. The molecule has 1 saturated carbocycles. The van der Waals surface area contributed by atoms with E-state index >= 15 is 4.39 Å². The first kappa shape index (κ1) is 57.1. The first-order chi connectivity index (χ1) is 42.7. The number of rotatable bonds is 11. The Labute approximate surface area is 510 Å². The Bertz CT molecular complexity index is 3800. The number of piperazine rings is 1. The van der Waals surface area contributed by atoms with Gasteiger partial charge in [0.1, 0.15) is 24.0 Å². The van der Waals surface area contributed by atoms with Crippen molar-refractivity contribution in [2.24, 2.45) is 11.3 Å². The van der Waals surface area contributed by atoms with Crippen LogP contribution in [-0.4, -0.2) is 166 Å². The number of nitrogens with one attached hydrogen (secondary N) is 3. The number of nitro groups is 1. The van der Waals surface area contributed by atoms with E-state index in [0.29, 0.717) is 93.2 Å². The highest BCUT2D eigenvalue weighted by molar-refractivity contribution is 7.90. The molecule has 0 unspecified atom stereocenters. The summed E-state index contributed by atoms with van der Waals surface area (Å²) in [7, 11) is -4.73. The first-order valence-corrected chi connectivity index (χ1v) is 32.7. The zero-order valence-electron chi connectivity index (χ0n) is 49.5. The molecule has 6 fully saturated rings. The van der Waals surface area contributed by atoms with Gasteiger partial charge in [0.2, 0.25) is 11.8 Å². The minimum absolute atomic E-state index is 0.00721. The molecule has 6 aromatic rings. The summed E-state index contributed by atoms with van der Waals surface area (Å²) in [6, 6.07) is 22.0. The number of ether oxygens (including phenoxy) is 6. The Morgan fingerprint density at radius 2 is 1.64 bits per heavy atom. The number of amides is 1. The number of hydrogen-bond donors (Lipinski definition) is 3. The van der Waals surface area contributed by atoms with E-state index in [1.165, 1.54) is 17.2 Å². The second kappa shape index (κ2) is 22.9. The van der Waals surface area contributed by atoms with Crippen molar-refractivity contribution >= 4 is 61.2 Å². The summed E-state index contributed by atoms with van der Waals surface area (Å²) in [5.41, 5.74) is 5.85.